The quantitative estimate of drug-likeness (QED) is 0.147. The molecule has 0 aliphatic heterocycles. The van der Waals surface area contributed by atoms with Gasteiger partial charge in [-0.2, -0.15) is 0 Å². The Morgan fingerprint density at radius 1 is 0.220 bits per heavy atom. The summed E-state index contributed by atoms with van der Waals surface area (Å²) in [5.41, 5.74) is 12.9. The fourth-order valence-corrected chi connectivity index (χ4v) is 9.09. The fourth-order valence-electron chi connectivity index (χ4n) is 9.09. The van der Waals surface area contributed by atoms with Gasteiger partial charge in [0.2, 0.25) is 0 Å². The summed E-state index contributed by atoms with van der Waals surface area (Å²) in [6.07, 6.45) is 0. The zero-order valence-electron chi connectivity index (χ0n) is 32.5. The van der Waals surface area contributed by atoms with Crippen LogP contribution in [0, 0.1) is 0 Å². The van der Waals surface area contributed by atoms with Gasteiger partial charge in [-0.05, 0) is 118 Å². The Hall–Kier alpha value is -7.74. The molecule has 0 saturated heterocycles. The van der Waals surface area contributed by atoms with Crippen molar-refractivity contribution in [1.29, 1.82) is 0 Å². The molecule has 11 rings (SSSR count). The van der Waals surface area contributed by atoms with E-state index in [0.29, 0.717) is 0 Å². The van der Waals surface area contributed by atoms with Gasteiger partial charge in [-0.15, -0.1) is 0 Å². The number of anilines is 3. The van der Waals surface area contributed by atoms with Crippen LogP contribution in [0.1, 0.15) is 0 Å². The van der Waals surface area contributed by atoms with Crippen LogP contribution in [0.25, 0.3) is 87.6 Å². The lowest BCUT2D eigenvalue weighted by molar-refractivity contribution is 1.29. The van der Waals surface area contributed by atoms with Crippen LogP contribution in [0.15, 0.2) is 237 Å². The average Bonchev–Trinajstić information content (AvgIpc) is 3.32. The van der Waals surface area contributed by atoms with Gasteiger partial charge in [0.15, 0.2) is 0 Å². The highest BCUT2D eigenvalue weighted by Crippen LogP contribution is 2.46. The first-order chi connectivity index (χ1) is 29.3. The Labute approximate surface area is 344 Å². The molecule has 1 heteroatoms. The van der Waals surface area contributed by atoms with Crippen molar-refractivity contribution >= 4 is 60.2 Å². The molecule has 0 unspecified atom stereocenters. The van der Waals surface area contributed by atoms with Gasteiger partial charge in [-0.3, -0.25) is 0 Å². The van der Waals surface area contributed by atoms with Crippen molar-refractivity contribution in [2.45, 2.75) is 0 Å². The van der Waals surface area contributed by atoms with E-state index in [-0.39, 0.29) is 0 Å². The van der Waals surface area contributed by atoms with Gasteiger partial charge in [0.25, 0.3) is 0 Å². The van der Waals surface area contributed by atoms with Crippen LogP contribution >= 0.6 is 0 Å². The van der Waals surface area contributed by atoms with Gasteiger partial charge < -0.3 is 4.90 Å². The van der Waals surface area contributed by atoms with Crippen LogP contribution in [0.4, 0.5) is 17.1 Å². The summed E-state index contributed by atoms with van der Waals surface area (Å²) in [5, 5.41) is 10.0. The van der Waals surface area contributed by atoms with E-state index in [9.17, 15) is 0 Å². The number of hydrogen-bond donors (Lipinski definition) is 0. The molecule has 0 fully saturated rings. The van der Waals surface area contributed by atoms with Gasteiger partial charge in [-0.25, -0.2) is 0 Å². The van der Waals surface area contributed by atoms with E-state index in [4.69, 9.17) is 0 Å². The second kappa shape index (κ2) is 14.6. The summed E-state index contributed by atoms with van der Waals surface area (Å²) >= 11 is 0. The minimum atomic E-state index is 1.09. The molecule has 0 N–H and O–H groups in total. The highest BCUT2D eigenvalue weighted by molar-refractivity contribution is 6.14. The molecule has 11 aromatic carbocycles. The predicted molar refractivity (Wildman–Crippen MR) is 253 cm³/mol. The largest absolute Gasteiger partial charge is 0.310 e. The fraction of sp³-hybridized carbons (Fsp3) is 0. The third-order valence-corrected chi connectivity index (χ3v) is 11.9. The number of benzene rings is 11. The van der Waals surface area contributed by atoms with Crippen molar-refractivity contribution in [3.8, 4) is 44.5 Å². The van der Waals surface area contributed by atoms with E-state index >= 15 is 0 Å². The standard InChI is InChI=1S/C58H39N/c1-2-16-40(17-3-1)48-21-8-9-23-51(48)53-25-11-12-26-54(53)56-28-14-15-29-58(56)59(46-36-37-50-44(38-46)31-30-41-18-4-6-20-47(41)50)45-34-32-42(33-35-45)57-39-43-19-5-7-22-49(43)52-24-10-13-27-55(52)57/h1-39H. The lowest BCUT2D eigenvalue weighted by Crippen LogP contribution is -2.11. The van der Waals surface area contributed by atoms with Crippen molar-refractivity contribution in [1.82, 2.24) is 0 Å². The van der Waals surface area contributed by atoms with Gasteiger partial charge >= 0.3 is 0 Å². The number of rotatable bonds is 7. The molecule has 0 spiro atoms. The van der Waals surface area contributed by atoms with Crippen molar-refractivity contribution in [2.24, 2.45) is 0 Å². The lowest BCUT2D eigenvalue weighted by atomic mass is 9.88. The van der Waals surface area contributed by atoms with Crippen LogP contribution < -0.4 is 4.90 Å². The monoisotopic (exact) mass is 749 g/mol. The van der Waals surface area contributed by atoms with Crippen molar-refractivity contribution in [3.05, 3.63) is 237 Å². The average molecular weight is 750 g/mol. The third-order valence-electron chi connectivity index (χ3n) is 11.9. The normalized spacial score (nSPS) is 11.4. The minimum Gasteiger partial charge on any atom is -0.310 e. The Morgan fingerprint density at radius 2 is 0.678 bits per heavy atom. The number of nitrogens with zero attached hydrogens (tertiary/aromatic N) is 1. The number of fused-ring (bicyclic) bond motifs is 6. The molecule has 0 aliphatic rings. The maximum Gasteiger partial charge on any atom is 0.0540 e. The van der Waals surface area contributed by atoms with Crippen LogP contribution in [0.5, 0.6) is 0 Å². The smallest absolute Gasteiger partial charge is 0.0540 e. The molecular formula is C58H39N. The molecule has 0 bridgehead atoms. The molecule has 1 nitrogen and oxygen atoms in total. The van der Waals surface area contributed by atoms with E-state index < -0.39 is 0 Å². The van der Waals surface area contributed by atoms with Crippen molar-refractivity contribution in [3.63, 3.8) is 0 Å². The first-order valence-electron chi connectivity index (χ1n) is 20.3. The summed E-state index contributed by atoms with van der Waals surface area (Å²) in [6.45, 7) is 0. The lowest BCUT2D eigenvalue weighted by Gasteiger charge is -2.29. The number of para-hydroxylation sites is 1. The minimum absolute atomic E-state index is 1.09. The van der Waals surface area contributed by atoms with Gasteiger partial charge in [0, 0.05) is 16.9 Å². The van der Waals surface area contributed by atoms with E-state index in [1.807, 2.05) is 0 Å². The van der Waals surface area contributed by atoms with Crippen molar-refractivity contribution < 1.29 is 0 Å². The maximum atomic E-state index is 2.44. The van der Waals surface area contributed by atoms with Crippen LogP contribution in [-0.2, 0) is 0 Å². The molecule has 0 aliphatic carbocycles. The molecule has 0 atom stereocenters. The van der Waals surface area contributed by atoms with E-state index in [0.717, 1.165) is 22.6 Å². The zero-order chi connectivity index (χ0) is 39.1. The molecule has 276 valence electrons. The Kier molecular flexibility index (Phi) is 8.56. The topological polar surface area (TPSA) is 3.24 Å². The molecule has 59 heavy (non-hydrogen) atoms. The van der Waals surface area contributed by atoms with E-state index in [2.05, 4.69) is 241 Å². The Morgan fingerprint density at radius 3 is 1.42 bits per heavy atom. The molecule has 0 aromatic heterocycles. The summed E-state index contributed by atoms with van der Waals surface area (Å²) < 4.78 is 0. The summed E-state index contributed by atoms with van der Waals surface area (Å²) in [6, 6.07) is 86.3. The zero-order valence-corrected chi connectivity index (χ0v) is 32.5. The first kappa shape index (κ1) is 34.5. The maximum absolute atomic E-state index is 2.44. The van der Waals surface area contributed by atoms with E-state index in [1.165, 1.54) is 82.0 Å². The highest BCUT2D eigenvalue weighted by atomic mass is 15.1. The molecule has 0 heterocycles. The molecule has 0 saturated carbocycles. The highest BCUT2D eigenvalue weighted by Gasteiger charge is 2.21. The molecule has 0 radical (unpaired) electrons. The molecule has 0 amide bonds. The van der Waals surface area contributed by atoms with Crippen LogP contribution in [0.3, 0.4) is 0 Å². The van der Waals surface area contributed by atoms with Gasteiger partial charge in [0.05, 0.1) is 5.69 Å². The van der Waals surface area contributed by atoms with Crippen molar-refractivity contribution in [2.75, 3.05) is 4.90 Å². The SMILES string of the molecule is c1ccc(-c2ccccc2-c2ccccc2-c2ccccc2N(c2ccc(-c3cc4ccccc4c4ccccc34)cc2)c2ccc3c(ccc4ccccc43)c2)cc1. The molecular weight excluding hydrogens is 711 g/mol. The number of hydrogen-bond acceptors (Lipinski definition) is 1. The van der Waals surface area contributed by atoms with Gasteiger partial charge in [0.1, 0.15) is 0 Å². The third kappa shape index (κ3) is 6.12. The second-order valence-corrected chi connectivity index (χ2v) is 15.2. The summed E-state index contributed by atoms with van der Waals surface area (Å²) in [4.78, 5) is 2.44. The van der Waals surface area contributed by atoms with E-state index in [1.54, 1.807) is 0 Å². The van der Waals surface area contributed by atoms with Crippen LogP contribution in [0.2, 0.25) is 0 Å². The second-order valence-electron chi connectivity index (χ2n) is 15.2. The Bertz CT molecular complexity index is 3320. The first-order valence-corrected chi connectivity index (χ1v) is 20.3. The molecule has 11 aromatic rings. The van der Waals surface area contributed by atoms with Gasteiger partial charge in [-0.1, -0.05) is 200 Å². The van der Waals surface area contributed by atoms with Crippen LogP contribution in [-0.4, -0.2) is 0 Å². The summed E-state index contributed by atoms with van der Waals surface area (Å²) in [5.74, 6) is 0. The predicted octanol–water partition coefficient (Wildman–Crippen LogP) is 16.4. The Balaban J connectivity index is 1.10. The summed E-state index contributed by atoms with van der Waals surface area (Å²) in [7, 11) is 0.